The third-order valence-corrected chi connectivity index (χ3v) is 10.6. The Morgan fingerprint density at radius 3 is 2.40 bits per heavy atom. The third kappa shape index (κ3) is 10.3. The number of hydrogen-bond acceptors (Lipinski definition) is 8. The van der Waals surface area contributed by atoms with Gasteiger partial charge in [-0.05, 0) is 104 Å². The maximum atomic E-state index is 13.2. The summed E-state index contributed by atoms with van der Waals surface area (Å²) in [5.74, 6) is 1.19. The lowest BCUT2D eigenvalue weighted by Gasteiger charge is -2.43. The van der Waals surface area contributed by atoms with Gasteiger partial charge in [-0.25, -0.2) is 4.79 Å². The van der Waals surface area contributed by atoms with Gasteiger partial charge in [-0.2, -0.15) is 0 Å². The lowest BCUT2D eigenvalue weighted by Crippen LogP contribution is -2.52. The minimum absolute atomic E-state index is 0.0122. The zero-order valence-corrected chi connectivity index (χ0v) is 30.5. The number of phenolic OH excluding ortho intramolecular Hbond substituents is 1. The predicted octanol–water partition coefficient (Wildman–Crippen LogP) is 7.23. The number of aliphatic hydroxyl groups excluding tert-OH is 1. The van der Waals surface area contributed by atoms with Gasteiger partial charge < -0.3 is 35.3 Å². The highest BCUT2D eigenvalue weighted by atomic mass is 35.5. The van der Waals surface area contributed by atoms with Gasteiger partial charge in [0, 0.05) is 29.6 Å². The zero-order chi connectivity index (χ0) is 36.3. The Labute approximate surface area is 310 Å². The van der Waals surface area contributed by atoms with Crippen LogP contribution in [0.25, 0.3) is 10.9 Å². The summed E-state index contributed by atoms with van der Waals surface area (Å²) in [6.45, 7) is 4.82. The van der Waals surface area contributed by atoms with Crippen molar-refractivity contribution in [1.82, 2.24) is 20.5 Å². The van der Waals surface area contributed by atoms with E-state index in [9.17, 15) is 19.8 Å². The number of H-pyrrole nitrogens is 1. The summed E-state index contributed by atoms with van der Waals surface area (Å²) in [6.07, 6.45) is 8.59. The van der Waals surface area contributed by atoms with Crippen LogP contribution in [0.4, 0.5) is 4.79 Å². The fourth-order valence-corrected chi connectivity index (χ4v) is 7.69. The number of aromatic amines is 1. The number of halogens is 1. The first-order chi connectivity index (χ1) is 25.3. The first-order valence-corrected chi connectivity index (χ1v) is 19.1. The summed E-state index contributed by atoms with van der Waals surface area (Å²) in [5, 5.41) is 28.5. The fourth-order valence-electron chi connectivity index (χ4n) is 7.49. The van der Waals surface area contributed by atoms with E-state index < -0.39 is 18.2 Å². The SMILES string of the molecule is O=C(NC(c1cccc(Cl)c1)c1cccc(OCCCCCCCCCNCC(O)c2ccc(O)c3[nH]c(=O)ccc23)c1)OC1CN2CCC1CC2. The second-order valence-corrected chi connectivity index (χ2v) is 14.6. The van der Waals surface area contributed by atoms with Gasteiger partial charge in [0.2, 0.25) is 5.56 Å². The van der Waals surface area contributed by atoms with E-state index in [-0.39, 0.29) is 17.4 Å². The number of rotatable bonds is 18. The molecule has 278 valence electrons. The number of carbonyl (C=O) groups is 1. The number of hydrogen-bond donors (Lipinski definition) is 5. The normalized spacial score (nSPS) is 19.3. The molecule has 0 aliphatic carbocycles. The summed E-state index contributed by atoms with van der Waals surface area (Å²) < 4.78 is 12.1. The van der Waals surface area contributed by atoms with E-state index in [1.807, 2.05) is 48.5 Å². The quantitative estimate of drug-likeness (QED) is 0.0677. The van der Waals surface area contributed by atoms with Crippen LogP contribution in [-0.2, 0) is 4.74 Å². The number of aliphatic hydroxyl groups is 1. The summed E-state index contributed by atoms with van der Waals surface area (Å²) in [4.78, 5) is 29.8. The van der Waals surface area contributed by atoms with Crippen LogP contribution in [0, 0.1) is 5.92 Å². The summed E-state index contributed by atoms with van der Waals surface area (Å²) in [6, 6.07) is 21.2. The van der Waals surface area contributed by atoms with Crippen LogP contribution in [-0.4, -0.2) is 71.6 Å². The van der Waals surface area contributed by atoms with Crippen LogP contribution in [0.5, 0.6) is 11.5 Å². The highest BCUT2D eigenvalue weighted by molar-refractivity contribution is 6.30. The number of fused-ring (bicyclic) bond motifs is 4. The number of unbranched alkanes of at least 4 members (excludes halogenated alkanes) is 6. The molecule has 10 nitrogen and oxygen atoms in total. The molecule has 3 fully saturated rings. The van der Waals surface area contributed by atoms with Crippen molar-refractivity contribution in [2.45, 2.75) is 76.0 Å². The molecule has 1 amide bonds. The molecule has 3 atom stereocenters. The molecule has 3 aliphatic rings. The summed E-state index contributed by atoms with van der Waals surface area (Å²) in [5.41, 5.74) is 2.50. The minimum Gasteiger partial charge on any atom is -0.506 e. The first-order valence-electron chi connectivity index (χ1n) is 18.8. The molecule has 0 spiro atoms. The average Bonchev–Trinajstić information content (AvgIpc) is 3.15. The van der Waals surface area contributed by atoms with Crippen molar-refractivity contribution in [3.63, 3.8) is 0 Å². The van der Waals surface area contributed by atoms with Crippen LogP contribution < -0.4 is 20.9 Å². The lowest BCUT2D eigenvalue weighted by molar-refractivity contribution is -0.0336. The molecule has 4 aromatic rings. The van der Waals surface area contributed by atoms with Crippen LogP contribution in [0.2, 0.25) is 5.02 Å². The third-order valence-electron chi connectivity index (χ3n) is 10.4. The molecule has 7 rings (SSSR count). The topological polar surface area (TPSA) is 136 Å². The number of piperidine rings is 3. The predicted molar refractivity (Wildman–Crippen MR) is 204 cm³/mol. The molecular formula is C41H51ClN4O6. The number of ether oxygens (including phenoxy) is 2. The summed E-state index contributed by atoms with van der Waals surface area (Å²) in [7, 11) is 0. The molecule has 1 aromatic heterocycles. The highest BCUT2D eigenvalue weighted by Gasteiger charge is 2.37. The van der Waals surface area contributed by atoms with Crippen LogP contribution in [0.1, 0.15) is 86.6 Å². The van der Waals surface area contributed by atoms with Crippen molar-refractivity contribution < 1.29 is 24.5 Å². The highest BCUT2D eigenvalue weighted by Crippen LogP contribution is 2.32. The van der Waals surface area contributed by atoms with Gasteiger partial charge in [-0.1, -0.05) is 74.0 Å². The second kappa shape index (κ2) is 18.6. The number of aromatic nitrogens is 1. The Morgan fingerprint density at radius 1 is 0.923 bits per heavy atom. The Bertz CT molecular complexity index is 1830. The molecule has 3 aromatic carbocycles. The van der Waals surface area contributed by atoms with Crippen molar-refractivity contribution in [2.75, 3.05) is 39.3 Å². The standard InChI is InChI=1S/C41H51ClN4O6/c42-31-12-8-10-29(24-31)39(45-41(50)52-37-27-46-21-18-28(37)19-22-46)30-11-9-13-32(25-30)51-23-7-5-3-1-2-4-6-20-43-26-36(48)33-14-16-35(47)40-34(33)15-17-38(49)44-40/h8-17,24-25,28,36-37,39,43,47-48H,1-7,18-23,26-27H2,(H,44,49)(H,45,50). The molecule has 5 N–H and O–H groups in total. The molecule has 0 radical (unpaired) electrons. The first kappa shape index (κ1) is 37.7. The molecule has 11 heteroatoms. The number of aromatic hydroxyl groups is 1. The number of pyridine rings is 1. The number of amides is 1. The number of carbonyl (C=O) groups excluding carboxylic acids is 1. The number of nitrogens with zero attached hydrogens (tertiary/aromatic N) is 1. The van der Waals surface area contributed by atoms with Crippen molar-refractivity contribution in [2.24, 2.45) is 5.92 Å². The number of alkyl carbamates (subject to hydrolysis) is 1. The maximum Gasteiger partial charge on any atom is 0.408 e. The van der Waals surface area contributed by atoms with Gasteiger partial charge in [0.25, 0.3) is 0 Å². The van der Waals surface area contributed by atoms with Gasteiger partial charge in [0.1, 0.15) is 17.6 Å². The smallest absolute Gasteiger partial charge is 0.408 e. The number of phenols is 1. The van der Waals surface area contributed by atoms with Gasteiger partial charge in [0.15, 0.2) is 0 Å². The van der Waals surface area contributed by atoms with E-state index >= 15 is 0 Å². The van der Waals surface area contributed by atoms with Crippen molar-refractivity contribution in [3.8, 4) is 11.5 Å². The average molecular weight is 731 g/mol. The Hall–Kier alpha value is -4.09. The van der Waals surface area contributed by atoms with Crippen LogP contribution in [0.15, 0.2) is 77.6 Å². The molecule has 4 heterocycles. The molecule has 3 aliphatic heterocycles. The number of nitrogens with one attached hydrogen (secondary N) is 3. The van der Waals surface area contributed by atoms with Gasteiger partial charge >= 0.3 is 6.09 Å². The summed E-state index contributed by atoms with van der Waals surface area (Å²) >= 11 is 6.35. The van der Waals surface area contributed by atoms with E-state index in [0.717, 1.165) is 94.4 Å². The Morgan fingerprint density at radius 2 is 1.65 bits per heavy atom. The van der Waals surface area contributed by atoms with E-state index in [1.165, 1.54) is 18.6 Å². The zero-order valence-electron chi connectivity index (χ0n) is 29.7. The van der Waals surface area contributed by atoms with Crippen LogP contribution in [0.3, 0.4) is 0 Å². The van der Waals surface area contributed by atoms with Crippen molar-refractivity contribution in [3.05, 3.63) is 105 Å². The molecule has 3 saturated heterocycles. The fraction of sp³-hybridized carbons (Fsp3) is 0.463. The lowest BCUT2D eigenvalue weighted by atomic mass is 9.86. The molecule has 2 bridgehead atoms. The van der Waals surface area contributed by atoms with E-state index in [4.69, 9.17) is 21.1 Å². The maximum absolute atomic E-state index is 13.2. The van der Waals surface area contributed by atoms with Crippen molar-refractivity contribution >= 4 is 28.6 Å². The Balaban J connectivity index is 0.873. The second-order valence-electron chi connectivity index (χ2n) is 14.1. The van der Waals surface area contributed by atoms with E-state index in [1.54, 1.807) is 12.1 Å². The molecule has 3 unspecified atom stereocenters. The molecular weight excluding hydrogens is 680 g/mol. The minimum atomic E-state index is -0.747. The Kier molecular flexibility index (Phi) is 13.5. The van der Waals surface area contributed by atoms with E-state index in [0.29, 0.717) is 40.6 Å². The van der Waals surface area contributed by atoms with Crippen molar-refractivity contribution in [1.29, 1.82) is 0 Å². The largest absolute Gasteiger partial charge is 0.506 e. The van der Waals surface area contributed by atoms with Gasteiger partial charge in [-0.15, -0.1) is 0 Å². The molecule has 0 saturated carbocycles. The van der Waals surface area contributed by atoms with Gasteiger partial charge in [-0.3, -0.25) is 9.69 Å². The monoisotopic (exact) mass is 730 g/mol. The van der Waals surface area contributed by atoms with Gasteiger partial charge in [0.05, 0.1) is 24.3 Å². The molecule has 52 heavy (non-hydrogen) atoms. The van der Waals surface area contributed by atoms with Crippen LogP contribution >= 0.6 is 11.6 Å². The van der Waals surface area contributed by atoms with E-state index in [2.05, 4.69) is 20.5 Å². The number of benzene rings is 3.